The van der Waals surface area contributed by atoms with Gasteiger partial charge in [0.1, 0.15) is 5.76 Å². The molecule has 2 heterocycles. The lowest BCUT2D eigenvalue weighted by Crippen LogP contribution is -2.22. The molecule has 102 valence electrons. The van der Waals surface area contributed by atoms with Crippen LogP contribution in [0.4, 0.5) is 0 Å². The molecule has 1 atom stereocenters. The number of fused-ring (bicyclic) bond motifs is 1. The monoisotopic (exact) mass is 286 g/mol. The van der Waals surface area contributed by atoms with Crippen molar-refractivity contribution in [2.75, 3.05) is 6.54 Å². The summed E-state index contributed by atoms with van der Waals surface area (Å²) < 4.78 is 0. The number of dihydropyridines is 1. The maximum absolute atomic E-state index is 9.74. The smallest absolute Gasteiger partial charge is 0.137 e. The molecular weight excluding hydrogens is 271 g/mol. The highest BCUT2D eigenvalue weighted by atomic mass is 31.0. The van der Waals surface area contributed by atoms with Crippen LogP contribution in [0.15, 0.2) is 48.3 Å². The van der Waals surface area contributed by atoms with Crippen LogP contribution in [0.25, 0.3) is 11.0 Å². The lowest BCUT2D eigenvalue weighted by Gasteiger charge is -2.15. The molecule has 2 aromatic rings. The number of aromatic nitrogens is 2. The van der Waals surface area contributed by atoms with Crippen LogP contribution in [-0.4, -0.2) is 21.6 Å². The molecule has 1 aliphatic rings. The number of nitrogens with zero attached hydrogens (tertiary/aromatic N) is 2. The summed E-state index contributed by atoms with van der Waals surface area (Å²) >= 11 is 0. The fraction of sp³-hybridized carbons (Fsp3) is 0.143. The minimum atomic E-state index is 0.274. The fourth-order valence-corrected chi connectivity index (χ4v) is 2.54. The zero-order valence-corrected chi connectivity index (χ0v) is 12.0. The number of hydrogen-bond acceptors (Lipinski definition) is 5. The normalized spacial score (nSPS) is 14.4. The van der Waals surface area contributed by atoms with Crippen molar-refractivity contribution >= 4 is 25.6 Å². The summed E-state index contributed by atoms with van der Waals surface area (Å²) in [6.45, 7) is 1.26. The van der Waals surface area contributed by atoms with E-state index in [1.54, 1.807) is 24.7 Å². The summed E-state index contributed by atoms with van der Waals surface area (Å²) in [5, 5.41) is 17.0. The van der Waals surface area contributed by atoms with Crippen LogP contribution >= 0.6 is 9.24 Å². The predicted octanol–water partition coefficient (Wildman–Crippen LogP) is 1.11. The van der Waals surface area contributed by atoms with E-state index in [-0.39, 0.29) is 5.76 Å². The largest absolute Gasteiger partial charge is 0.506 e. The second-order valence-corrected chi connectivity index (χ2v) is 5.14. The molecule has 0 radical (unpaired) electrons. The maximum atomic E-state index is 9.74. The van der Waals surface area contributed by atoms with E-state index < -0.39 is 0 Å². The summed E-state index contributed by atoms with van der Waals surface area (Å²) in [4.78, 5) is 8.63. The standard InChI is InChI=1S/C14H15N4OP/c19-12-1-2-15-8-11(12)18-7-9-5-10-14(13(20)6-9)17-4-3-16-10/h1,3-6,8,15,18-19H,2,7,20H2. The van der Waals surface area contributed by atoms with Crippen LogP contribution in [0.5, 0.6) is 0 Å². The Morgan fingerprint density at radius 1 is 1.30 bits per heavy atom. The first-order chi connectivity index (χ1) is 9.74. The van der Waals surface area contributed by atoms with E-state index in [9.17, 15) is 5.11 Å². The number of hydrogen-bond donors (Lipinski definition) is 3. The number of aliphatic hydroxyl groups is 1. The van der Waals surface area contributed by atoms with Crippen molar-refractivity contribution in [3.8, 4) is 0 Å². The minimum Gasteiger partial charge on any atom is -0.506 e. The number of benzene rings is 1. The molecular formula is C14H15N4OP. The molecule has 0 saturated heterocycles. The van der Waals surface area contributed by atoms with Crippen molar-refractivity contribution in [1.82, 2.24) is 20.6 Å². The number of aliphatic hydroxyl groups excluding tert-OH is 1. The van der Waals surface area contributed by atoms with Gasteiger partial charge < -0.3 is 15.7 Å². The topological polar surface area (TPSA) is 70.1 Å². The van der Waals surface area contributed by atoms with Crippen LogP contribution in [0.2, 0.25) is 0 Å². The second kappa shape index (κ2) is 5.47. The average molecular weight is 286 g/mol. The van der Waals surface area contributed by atoms with Crippen LogP contribution in [-0.2, 0) is 6.54 Å². The van der Waals surface area contributed by atoms with Crippen molar-refractivity contribution in [1.29, 1.82) is 0 Å². The number of nitrogens with one attached hydrogen (secondary N) is 2. The Morgan fingerprint density at radius 3 is 3.00 bits per heavy atom. The zero-order chi connectivity index (χ0) is 13.9. The molecule has 1 aliphatic heterocycles. The summed E-state index contributed by atoms with van der Waals surface area (Å²) in [6, 6.07) is 4.05. The molecule has 0 aliphatic carbocycles. The first kappa shape index (κ1) is 12.9. The molecule has 3 N–H and O–H groups in total. The quantitative estimate of drug-likeness (QED) is 0.737. The highest BCUT2D eigenvalue weighted by Gasteiger charge is 2.08. The fourth-order valence-electron chi connectivity index (χ4n) is 2.10. The SMILES string of the molecule is OC1=CCNC=C1NCc1cc(P)c2nccnc2c1. The van der Waals surface area contributed by atoms with E-state index in [0.717, 1.165) is 21.9 Å². The molecule has 1 aromatic heterocycles. The van der Waals surface area contributed by atoms with E-state index in [1.165, 1.54) is 0 Å². The molecule has 0 spiro atoms. The number of rotatable bonds is 3. The van der Waals surface area contributed by atoms with Crippen LogP contribution in [0.3, 0.4) is 0 Å². The third kappa shape index (κ3) is 2.58. The first-order valence-electron chi connectivity index (χ1n) is 6.30. The summed E-state index contributed by atoms with van der Waals surface area (Å²) in [6.07, 6.45) is 6.88. The predicted molar refractivity (Wildman–Crippen MR) is 82.5 cm³/mol. The summed E-state index contributed by atoms with van der Waals surface area (Å²) in [5.41, 5.74) is 3.54. The van der Waals surface area contributed by atoms with E-state index in [0.29, 0.717) is 18.8 Å². The average Bonchev–Trinajstić information content (AvgIpc) is 2.46. The third-order valence-electron chi connectivity index (χ3n) is 3.08. The zero-order valence-electron chi connectivity index (χ0n) is 10.8. The van der Waals surface area contributed by atoms with Gasteiger partial charge >= 0.3 is 0 Å². The van der Waals surface area contributed by atoms with E-state index in [2.05, 4.69) is 29.8 Å². The van der Waals surface area contributed by atoms with Crippen LogP contribution in [0.1, 0.15) is 5.56 Å². The molecule has 1 aromatic carbocycles. The highest BCUT2D eigenvalue weighted by molar-refractivity contribution is 7.28. The van der Waals surface area contributed by atoms with E-state index >= 15 is 0 Å². The molecule has 0 bridgehead atoms. The lowest BCUT2D eigenvalue weighted by atomic mass is 10.2. The third-order valence-corrected chi connectivity index (χ3v) is 3.52. The Bertz CT molecular complexity index is 711. The van der Waals surface area contributed by atoms with Gasteiger partial charge in [0.2, 0.25) is 0 Å². The van der Waals surface area contributed by atoms with Gasteiger partial charge in [-0.05, 0) is 29.1 Å². The van der Waals surface area contributed by atoms with Crippen molar-refractivity contribution in [3.63, 3.8) is 0 Å². The Labute approximate surface area is 119 Å². The van der Waals surface area contributed by atoms with Gasteiger partial charge in [0.25, 0.3) is 0 Å². The Balaban J connectivity index is 1.81. The van der Waals surface area contributed by atoms with Gasteiger partial charge in [-0.15, -0.1) is 9.24 Å². The Kier molecular flexibility index (Phi) is 3.52. The van der Waals surface area contributed by atoms with E-state index in [1.807, 2.05) is 12.1 Å². The van der Waals surface area contributed by atoms with Gasteiger partial charge in [-0.2, -0.15) is 0 Å². The van der Waals surface area contributed by atoms with Crippen molar-refractivity contribution in [3.05, 3.63) is 53.8 Å². The van der Waals surface area contributed by atoms with Crippen molar-refractivity contribution < 1.29 is 5.11 Å². The van der Waals surface area contributed by atoms with Crippen molar-refractivity contribution in [2.24, 2.45) is 0 Å². The molecule has 0 amide bonds. The summed E-state index contributed by atoms with van der Waals surface area (Å²) in [5.74, 6) is 0.274. The molecule has 1 unspecified atom stereocenters. The van der Waals surface area contributed by atoms with E-state index in [4.69, 9.17) is 0 Å². The Morgan fingerprint density at radius 2 is 2.15 bits per heavy atom. The van der Waals surface area contributed by atoms with Gasteiger partial charge in [-0.1, -0.05) is 0 Å². The lowest BCUT2D eigenvalue weighted by molar-refractivity contribution is 0.406. The Hall–Kier alpha value is -2.13. The molecule has 5 nitrogen and oxygen atoms in total. The van der Waals surface area contributed by atoms with Crippen LogP contribution in [0, 0.1) is 0 Å². The highest BCUT2D eigenvalue weighted by Crippen LogP contribution is 2.13. The van der Waals surface area contributed by atoms with Gasteiger partial charge in [0.15, 0.2) is 0 Å². The van der Waals surface area contributed by atoms with Gasteiger partial charge in [-0.25, -0.2) is 0 Å². The van der Waals surface area contributed by atoms with Gasteiger partial charge in [0, 0.05) is 31.7 Å². The maximum Gasteiger partial charge on any atom is 0.137 e. The van der Waals surface area contributed by atoms with Crippen LogP contribution < -0.4 is 15.9 Å². The molecule has 3 rings (SSSR count). The molecule has 0 saturated carbocycles. The molecule has 0 fully saturated rings. The molecule has 6 heteroatoms. The first-order valence-corrected chi connectivity index (χ1v) is 6.88. The molecule has 20 heavy (non-hydrogen) atoms. The second-order valence-electron chi connectivity index (χ2n) is 4.52. The van der Waals surface area contributed by atoms with Gasteiger partial charge in [0.05, 0.1) is 16.7 Å². The summed E-state index contributed by atoms with van der Waals surface area (Å²) in [7, 11) is 2.69. The van der Waals surface area contributed by atoms with Crippen molar-refractivity contribution in [2.45, 2.75) is 6.54 Å². The van der Waals surface area contributed by atoms with Gasteiger partial charge in [-0.3, -0.25) is 9.97 Å². The minimum absolute atomic E-state index is 0.274.